The molecule has 0 spiro atoms. The molecule has 0 aliphatic carbocycles. The molecule has 2 aromatic carbocycles. The summed E-state index contributed by atoms with van der Waals surface area (Å²) in [5, 5.41) is 41.2. The first-order chi connectivity index (χ1) is 24.6. The summed E-state index contributed by atoms with van der Waals surface area (Å²) in [6.07, 6.45) is 0.957. The summed E-state index contributed by atoms with van der Waals surface area (Å²) in [5.74, 6) is -0.788. The van der Waals surface area contributed by atoms with Crippen LogP contribution in [0.5, 0.6) is 5.75 Å². The Labute approximate surface area is 298 Å². The van der Waals surface area contributed by atoms with Crippen molar-refractivity contribution < 1.29 is 19.8 Å². The number of rotatable bonds is 9. The number of nitrogens with zero attached hydrogens (tertiary/aromatic N) is 8. The molecule has 5 heterocycles. The van der Waals surface area contributed by atoms with Gasteiger partial charge in [-0.2, -0.15) is 0 Å². The van der Waals surface area contributed by atoms with Gasteiger partial charge in [0.2, 0.25) is 11.8 Å². The van der Waals surface area contributed by atoms with Gasteiger partial charge in [-0.25, -0.2) is 14.6 Å². The van der Waals surface area contributed by atoms with E-state index in [1.165, 1.54) is 9.58 Å². The average Bonchev–Trinajstić information content (AvgIpc) is 3.88. The number of β-amino-alcohol motifs (C(OH)–C–C–N with tert-alkyl or cyclic N) is 1. The second-order valence-corrected chi connectivity index (χ2v) is 14.0. The fraction of sp³-hybridized carbons (Fsp3) is 0.297. The van der Waals surface area contributed by atoms with Gasteiger partial charge < -0.3 is 20.4 Å². The molecule has 1 aliphatic rings. The van der Waals surface area contributed by atoms with Gasteiger partial charge in [0.15, 0.2) is 0 Å². The number of fused-ring (bicyclic) bond motifs is 1. The van der Waals surface area contributed by atoms with Gasteiger partial charge in [-0.05, 0) is 61.2 Å². The number of nitrogens with one attached hydrogen (secondary N) is 1. The van der Waals surface area contributed by atoms with E-state index in [0.29, 0.717) is 33.7 Å². The van der Waals surface area contributed by atoms with Crippen LogP contribution in [0.3, 0.4) is 0 Å². The highest BCUT2D eigenvalue weighted by molar-refractivity contribution is 7.13. The Morgan fingerprint density at radius 1 is 0.941 bits per heavy atom. The number of likely N-dealkylation sites (tertiary alicyclic amines) is 1. The number of aliphatic hydroxyl groups is 1. The first kappa shape index (κ1) is 33.9. The van der Waals surface area contributed by atoms with E-state index in [2.05, 4.69) is 30.8 Å². The molecule has 1 saturated heterocycles. The second kappa shape index (κ2) is 14.0. The van der Waals surface area contributed by atoms with Gasteiger partial charge >= 0.3 is 0 Å². The predicted molar refractivity (Wildman–Crippen MR) is 192 cm³/mol. The number of thiazole rings is 1. The second-order valence-electron chi connectivity index (χ2n) is 13.1. The van der Waals surface area contributed by atoms with Crippen LogP contribution in [0.2, 0.25) is 0 Å². The summed E-state index contributed by atoms with van der Waals surface area (Å²) in [5.41, 5.74) is 7.85. The van der Waals surface area contributed by atoms with E-state index in [0.717, 1.165) is 21.7 Å². The molecule has 260 valence electrons. The van der Waals surface area contributed by atoms with Gasteiger partial charge in [0.1, 0.15) is 29.0 Å². The van der Waals surface area contributed by atoms with Crippen molar-refractivity contribution in [3.05, 3.63) is 89.7 Å². The maximum atomic E-state index is 14.2. The summed E-state index contributed by atoms with van der Waals surface area (Å²) in [7, 11) is 0. The molecule has 0 bridgehead atoms. The maximum Gasteiger partial charge on any atom is 0.248 e. The Hall–Kier alpha value is -5.60. The fourth-order valence-electron chi connectivity index (χ4n) is 6.49. The standard InChI is InChI=1S/C37H37N9O4S/c1-20(2)34(46-18-31(43-44-46)27-13-14-28-30(40-27)16-29(42-41-28)26-7-5-6-8-33(26)48)37(50)45-17-25(47)15-32(45)36(49)39-21(3)23-9-11-24(12-10-23)35-22(4)38-19-51-35/h5-14,16,18-21,25,32,34,47-48H,15,17H2,1-4H3,(H,39,49)/t21-,25+,32-,34-/m0/s1. The van der Waals surface area contributed by atoms with E-state index in [-0.39, 0.29) is 42.5 Å². The Morgan fingerprint density at radius 2 is 1.73 bits per heavy atom. The van der Waals surface area contributed by atoms with Gasteiger partial charge in [0.25, 0.3) is 0 Å². The van der Waals surface area contributed by atoms with Crippen LogP contribution in [0, 0.1) is 12.8 Å². The number of carbonyl (C=O) groups is 2. The molecular weight excluding hydrogens is 667 g/mol. The molecule has 0 radical (unpaired) electrons. The first-order valence-corrected chi connectivity index (χ1v) is 17.6. The number of aromatic hydroxyl groups is 1. The molecule has 0 saturated carbocycles. The normalized spacial score (nSPS) is 17.2. The minimum Gasteiger partial charge on any atom is -0.507 e. The molecule has 4 atom stereocenters. The zero-order valence-electron chi connectivity index (χ0n) is 28.5. The third kappa shape index (κ3) is 6.79. The number of carbonyl (C=O) groups excluding carboxylic acids is 2. The smallest absolute Gasteiger partial charge is 0.248 e. The van der Waals surface area contributed by atoms with Gasteiger partial charge in [0, 0.05) is 18.5 Å². The van der Waals surface area contributed by atoms with Crippen molar-refractivity contribution in [2.75, 3.05) is 6.54 Å². The predicted octanol–water partition coefficient (Wildman–Crippen LogP) is 5.12. The van der Waals surface area contributed by atoms with Crippen LogP contribution in [0.25, 0.3) is 44.1 Å². The molecule has 1 fully saturated rings. The molecule has 51 heavy (non-hydrogen) atoms. The monoisotopic (exact) mass is 703 g/mol. The van der Waals surface area contributed by atoms with E-state index in [1.807, 2.05) is 57.5 Å². The zero-order valence-corrected chi connectivity index (χ0v) is 29.3. The highest BCUT2D eigenvalue weighted by atomic mass is 32.1. The number of pyridine rings is 1. The van der Waals surface area contributed by atoms with Crippen molar-refractivity contribution >= 4 is 34.2 Å². The highest BCUT2D eigenvalue weighted by Crippen LogP contribution is 2.31. The van der Waals surface area contributed by atoms with E-state index in [4.69, 9.17) is 4.98 Å². The third-order valence-corrected chi connectivity index (χ3v) is 10.2. The van der Waals surface area contributed by atoms with Crippen molar-refractivity contribution in [3.63, 3.8) is 0 Å². The van der Waals surface area contributed by atoms with Crippen LogP contribution < -0.4 is 5.32 Å². The summed E-state index contributed by atoms with van der Waals surface area (Å²) < 4.78 is 1.50. The quantitative estimate of drug-likeness (QED) is 0.183. The molecule has 3 N–H and O–H groups in total. The molecule has 13 nitrogen and oxygen atoms in total. The van der Waals surface area contributed by atoms with Gasteiger partial charge in [-0.1, -0.05) is 55.5 Å². The number of aromatic nitrogens is 7. The van der Waals surface area contributed by atoms with Crippen molar-refractivity contribution in [3.8, 4) is 38.8 Å². The van der Waals surface area contributed by atoms with Crippen molar-refractivity contribution in [1.82, 2.24) is 45.4 Å². The lowest BCUT2D eigenvalue weighted by atomic mass is 10.0. The molecular formula is C37H37N9O4S. The molecule has 14 heteroatoms. The van der Waals surface area contributed by atoms with Crippen molar-refractivity contribution in [2.24, 2.45) is 5.92 Å². The number of aliphatic hydroxyl groups excluding tert-OH is 1. The van der Waals surface area contributed by atoms with Gasteiger partial charge in [-0.15, -0.1) is 26.6 Å². The Morgan fingerprint density at radius 3 is 2.45 bits per heavy atom. The molecule has 2 amide bonds. The number of benzene rings is 2. The van der Waals surface area contributed by atoms with Crippen LogP contribution in [0.4, 0.5) is 0 Å². The van der Waals surface area contributed by atoms with Crippen LogP contribution in [0.15, 0.2) is 78.4 Å². The lowest BCUT2D eigenvalue weighted by Gasteiger charge is -2.30. The summed E-state index contributed by atoms with van der Waals surface area (Å²) >= 11 is 1.58. The van der Waals surface area contributed by atoms with E-state index in [1.54, 1.807) is 60.0 Å². The molecule has 0 unspecified atom stereocenters. The van der Waals surface area contributed by atoms with Crippen molar-refractivity contribution in [1.29, 1.82) is 0 Å². The van der Waals surface area contributed by atoms with Crippen molar-refractivity contribution in [2.45, 2.75) is 58.3 Å². The van der Waals surface area contributed by atoms with Gasteiger partial charge in [-0.3, -0.25) is 9.59 Å². The van der Waals surface area contributed by atoms with Crippen LogP contribution >= 0.6 is 11.3 Å². The minimum absolute atomic E-state index is 0.0333. The number of phenolic OH excluding ortho intramolecular Hbond substituents is 1. The maximum absolute atomic E-state index is 14.2. The number of phenols is 1. The minimum atomic E-state index is -0.847. The average molecular weight is 704 g/mol. The largest absolute Gasteiger partial charge is 0.507 e. The van der Waals surface area contributed by atoms with Crippen LogP contribution in [0.1, 0.15) is 50.5 Å². The molecule has 1 aliphatic heterocycles. The third-order valence-electron chi connectivity index (χ3n) is 9.21. The Balaban J connectivity index is 1.08. The summed E-state index contributed by atoms with van der Waals surface area (Å²) in [6.45, 7) is 7.71. The number of aryl methyl sites for hydroxylation is 1. The van der Waals surface area contributed by atoms with E-state index >= 15 is 0 Å². The molecule has 4 aromatic heterocycles. The lowest BCUT2D eigenvalue weighted by Crippen LogP contribution is -2.49. The Bertz CT molecular complexity index is 2220. The van der Waals surface area contributed by atoms with Crippen LogP contribution in [-0.4, -0.2) is 80.8 Å². The molecule has 7 rings (SSSR count). The van der Waals surface area contributed by atoms with E-state index < -0.39 is 18.2 Å². The Kier molecular flexibility index (Phi) is 9.27. The topological polar surface area (TPSA) is 172 Å². The van der Waals surface area contributed by atoms with E-state index in [9.17, 15) is 19.8 Å². The summed E-state index contributed by atoms with van der Waals surface area (Å²) in [6, 6.07) is 18.2. The van der Waals surface area contributed by atoms with Gasteiger partial charge in [0.05, 0.1) is 51.3 Å². The zero-order chi connectivity index (χ0) is 35.8. The first-order valence-electron chi connectivity index (χ1n) is 16.7. The van der Waals surface area contributed by atoms with Crippen LogP contribution in [-0.2, 0) is 9.59 Å². The molecule has 6 aromatic rings. The SMILES string of the molecule is Cc1ncsc1-c1ccc([C@H](C)NC(=O)[C@@H]2C[C@@H](O)CN2C(=O)[C@H](C(C)C)n2cc(-c3ccc4nnc(-c5ccccc5O)cc4n3)nn2)cc1. The summed E-state index contributed by atoms with van der Waals surface area (Å²) in [4.78, 5) is 39.5. The number of para-hydroxylation sites is 1. The lowest BCUT2D eigenvalue weighted by molar-refractivity contribution is -0.142. The fourth-order valence-corrected chi connectivity index (χ4v) is 7.31. The highest BCUT2D eigenvalue weighted by Gasteiger charge is 2.43. The number of hydrogen-bond donors (Lipinski definition) is 3. The number of hydrogen-bond acceptors (Lipinski definition) is 11. The number of amides is 2.